The first-order chi connectivity index (χ1) is 14.5. The van der Waals surface area contributed by atoms with Crippen LogP contribution in [0.5, 0.6) is 0 Å². The zero-order valence-electron chi connectivity index (χ0n) is 16.8. The van der Waals surface area contributed by atoms with Crippen LogP contribution in [-0.2, 0) is 25.7 Å². The zero-order chi connectivity index (χ0) is 21.5. The molecule has 0 bridgehead atoms. The van der Waals surface area contributed by atoms with Crippen molar-refractivity contribution < 1.29 is 28.3 Å². The molecule has 3 rings (SSSR count). The first kappa shape index (κ1) is 21.1. The minimum atomic E-state index is -0.611. The topological polar surface area (TPSA) is 94.8 Å². The van der Waals surface area contributed by atoms with Crippen LogP contribution in [0.2, 0.25) is 0 Å². The molecule has 7 heteroatoms. The molecular formula is C23H23NO6. The summed E-state index contributed by atoms with van der Waals surface area (Å²) in [4.78, 5) is 36.3. The number of hydrogen-bond acceptors (Lipinski definition) is 6. The summed E-state index contributed by atoms with van der Waals surface area (Å²) in [5.74, 6) is -1.35. The molecule has 1 heterocycles. The average molecular weight is 409 g/mol. The van der Waals surface area contributed by atoms with Crippen molar-refractivity contribution in [1.29, 1.82) is 0 Å². The van der Waals surface area contributed by atoms with Gasteiger partial charge < -0.3 is 19.2 Å². The molecule has 0 saturated carbocycles. The summed E-state index contributed by atoms with van der Waals surface area (Å²) in [5, 5.41) is 3.44. The van der Waals surface area contributed by atoms with Gasteiger partial charge in [0, 0.05) is 12.3 Å². The van der Waals surface area contributed by atoms with Crippen LogP contribution < -0.4 is 5.32 Å². The molecule has 7 nitrogen and oxygen atoms in total. The molecule has 156 valence electrons. The van der Waals surface area contributed by atoms with Crippen molar-refractivity contribution in [1.82, 2.24) is 5.32 Å². The van der Waals surface area contributed by atoms with E-state index in [1.54, 1.807) is 31.2 Å². The Bertz CT molecular complexity index is 1040. The van der Waals surface area contributed by atoms with Crippen LogP contribution in [0.3, 0.4) is 0 Å². The third-order valence-electron chi connectivity index (χ3n) is 4.49. The Kier molecular flexibility index (Phi) is 6.85. The van der Waals surface area contributed by atoms with E-state index >= 15 is 0 Å². The molecule has 0 fully saturated rings. The van der Waals surface area contributed by atoms with Crippen molar-refractivity contribution in [2.45, 2.75) is 32.9 Å². The lowest BCUT2D eigenvalue weighted by Crippen LogP contribution is -2.28. The molecule has 0 aliphatic rings. The predicted octanol–water partition coefficient (Wildman–Crippen LogP) is 3.92. The average Bonchev–Trinajstić information content (AvgIpc) is 3.11. The summed E-state index contributed by atoms with van der Waals surface area (Å²) in [6.07, 6.45) is -0.0475. The van der Waals surface area contributed by atoms with Gasteiger partial charge in [-0.2, -0.15) is 0 Å². The summed E-state index contributed by atoms with van der Waals surface area (Å²) in [6.45, 7) is 3.15. The molecule has 30 heavy (non-hydrogen) atoms. The highest BCUT2D eigenvalue weighted by Gasteiger charge is 2.24. The van der Waals surface area contributed by atoms with Crippen LogP contribution in [0.1, 0.15) is 48.0 Å². The van der Waals surface area contributed by atoms with Crippen LogP contribution in [-0.4, -0.2) is 24.5 Å². The van der Waals surface area contributed by atoms with E-state index in [-0.39, 0.29) is 31.3 Å². The maximum Gasteiger partial charge on any atom is 0.374 e. The summed E-state index contributed by atoms with van der Waals surface area (Å²) in [6, 6.07) is 15.8. The summed E-state index contributed by atoms with van der Waals surface area (Å²) >= 11 is 0. The third kappa shape index (κ3) is 5.05. The standard InChI is InChI=1S/C23H23NO6/c1-3-28-23(27)22-18(17-11-7-8-12-20(17)30-22)14-29-21(26)13-19(24-15(2)25)16-9-5-4-6-10-16/h4-12,19H,3,13-14H2,1-2H3,(H,24,25)/t19-/m0/s1. The van der Waals surface area contributed by atoms with Crippen molar-refractivity contribution in [2.24, 2.45) is 0 Å². The Morgan fingerprint density at radius 1 is 1.00 bits per heavy atom. The van der Waals surface area contributed by atoms with E-state index < -0.39 is 18.0 Å². The number of hydrogen-bond donors (Lipinski definition) is 1. The second-order valence-corrected chi connectivity index (χ2v) is 6.65. The van der Waals surface area contributed by atoms with Gasteiger partial charge in [-0.1, -0.05) is 48.5 Å². The highest BCUT2D eigenvalue weighted by atomic mass is 16.5. The lowest BCUT2D eigenvalue weighted by Gasteiger charge is -2.17. The van der Waals surface area contributed by atoms with Crippen molar-refractivity contribution >= 4 is 28.8 Å². The summed E-state index contributed by atoms with van der Waals surface area (Å²) < 4.78 is 16.1. The van der Waals surface area contributed by atoms with Gasteiger partial charge in [0.15, 0.2) is 0 Å². The van der Waals surface area contributed by atoms with Crippen molar-refractivity contribution in [3.05, 3.63) is 71.5 Å². The predicted molar refractivity (Wildman–Crippen MR) is 110 cm³/mol. The van der Waals surface area contributed by atoms with Gasteiger partial charge in [-0.05, 0) is 18.6 Å². The number of carbonyl (C=O) groups is 3. The van der Waals surface area contributed by atoms with Crippen LogP contribution in [0.25, 0.3) is 11.0 Å². The van der Waals surface area contributed by atoms with Gasteiger partial charge in [-0.25, -0.2) is 4.79 Å². The van der Waals surface area contributed by atoms with Crippen LogP contribution in [0.4, 0.5) is 0 Å². The monoisotopic (exact) mass is 409 g/mol. The van der Waals surface area contributed by atoms with E-state index in [9.17, 15) is 14.4 Å². The summed E-state index contributed by atoms with van der Waals surface area (Å²) in [5.41, 5.74) is 1.76. The smallest absolute Gasteiger partial charge is 0.374 e. The lowest BCUT2D eigenvalue weighted by molar-refractivity contribution is -0.145. The van der Waals surface area contributed by atoms with Gasteiger partial charge in [0.25, 0.3) is 0 Å². The fourth-order valence-electron chi connectivity index (χ4n) is 3.16. The zero-order valence-corrected chi connectivity index (χ0v) is 16.8. The number of esters is 2. The number of carbonyl (C=O) groups excluding carboxylic acids is 3. The maximum atomic E-state index is 12.5. The first-order valence-electron chi connectivity index (χ1n) is 9.64. The van der Waals surface area contributed by atoms with Gasteiger partial charge in [-0.3, -0.25) is 9.59 Å². The normalized spacial score (nSPS) is 11.7. The Morgan fingerprint density at radius 3 is 2.40 bits per heavy atom. The Hall–Kier alpha value is -3.61. The van der Waals surface area contributed by atoms with Gasteiger partial charge in [-0.15, -0.1) is 0 Å². The SMILES string of the molecule is CCOC(=O)c1oc2ccccc2c1COC(=O)C[C@H](NC(C)=O)c1ccccc1. The number of para-hydroxylation sites is 1. The second kappa shape index (κ2) is 9.73. The minimum absolute atomic E-state index is 0.0207. The lowest BCUT2D eigenvalue weighted by atomic mass is 10.0. The Labute approximate surface area is 174 Å². The quantitative estimate of drug-likeness (QED) is 0.567. The third-order valence-corrected chi connectivity index (χ3v) is 4.49. The van der Waals surface area contributed by atoms with Crippen LogP contribution in [0.15, 0.2) is 59.0 Å². The molecule has 1 aromatic heterocycles. The molecule has 0 aliphatic heterocycles. The molecule has 0 aliphatic carbocycles. The van der Waals surface area contributed by atoms with E-state index in [0.717, 1.165) is 5.56 Å². The van der Waals surface area contributed by atoms with Gasteiger partial charge in [0.1, 0.15) is 12.2 Å². The number of amides is 1. The second-order valence-electron chi connectivity index (χ2n) is 6.65. The molecule has 1 atom stereocenters. The number of nitrogens with one attached hydrogen (secondary N) is 1. The molecule has 2 aromatic carbocycles. The maximum absolute atomic E-state index is 12.5. The van der Waals surface area contributed by atoms with E-state index in [4.69, 9.17) is 13.9 Å². The molecule has 1 amide bonds. The van der Waals surface area contributed by atoms with E-state index in [1.165, 1.54) is 6.92 Å². The number of rotatable bonds is 8. The molecule has 0 spiro atoms. The molecular weight excluding hydrogens is 386 g/mol. The Morgan fingerprint density at radius 2 is 1.70 bits per heavy atom. The molecule has 3 aromatic rings. The number of benzene rings is 2. The largest absolute Gasteiger partial charge is 0.461 e. The van der Waals surface area contributed by atoms with Crippen molar-refractivity contribution in [3.63, 3.8) is 0 Å². The first-order valence-corrected chi connectivity index (χ1v) is 9.64. The highest BCUT2D eigenvalue weighted by Crippen LogP contribution is 2.28. The minimum Gasteiger partial charge on any atom is -0.461 e. The highest BCUT2D eigenvalue weighted by molar-refractivity contribution is 5.96. The van der Waals surface area contributed by atoms with Crippen LogP contribution >= 0.6 is 0 Å². The van der Waals surface area contributed by atoms with E-state index in [0.29, 0.717) is 16.5 Å². The number of ether oxygens (including phenoxy) is 2. The number of furan rings is 1. The van der Waals surface area contributed by atoms with Crippen molar-refractivity contribution in [3.8, 4) is 0 Å². The van der Waals surface area contributed by atoms with Crippen LogP contribution in [0, 0.1) is 0 Å². The number of fused-ring (bicyclic) bond motifs is 1. The molecule has 1 N–H and O–H groups in total. The fourth-order valence-corrected chi connectivity index (χ4v) is 3.16. The van der Waals surface area contributed by atoms with Crippen molar-refractivity contribution in [2.75, 3.05) is 6.61 Å². The van der Waals surface area contributed by atoms with E-state index in [1.807, 2.05) is 30.3 Å². The Balaban J connectivity index is 1.76. The van der Waals surface area contributed by atoms with Gasteiger partial charge >= 0.3 is 11.9 Å². The van der Waals surface area contributed by atoms with Gasteiger partial charge in [0.2, 0.25) is 11.7 Å². The molecule has 0 saturated heterocycles. The van der Waals surface area contributed by atoms with E-state index in [2.05, 4.69) is 5.32 Å². The fraction of sp³-hybridized carbons (Fsp3) is 0.261. The van der Waals surface area contributed by atoms with Gasteiger partial charge in [0.05, 0.1) is 24.6 Å². The molecule has 0 unspecified atom stereocenters. The molecule has 0 radical (unpaired) electrons. The summed E-state index contributed by atoms with van der Waals surface area (Å²) in [7, 11) is 0.